The molecule has 1 saturated heterocycles. The van der Waals surface area contributed by atoms with Crippen molar-refractivity contribution in [2.75, 3.05) is 39.7 Å². The first-order valence-electron chi connectivity index (χ1n) is 7.99. The zero-order valence-electron chi connectivity index (χ0n) is 14.1. The molecule has 0 spiro atoms. The van der Waals surface area contributed by atoms with Gasteiger partial charge in [-0.15, -0.1) is 0 Å². The summed E-state index contributed by atoms with van der Waals surface area (Å²) < 4.78 is 15.9. The van der Waals surface area contributed by atoms with Crippen molar-refractivity contribution >= 4 is 11.6 Å². The van der Waals surface area contributed by atoms with Crippen molar-refractivity contribution in [3.63, 3.8) is 0 Å². The Morgan fingerprint density at radius 1 is 1.13 bits per heavy atom. The average molecular weight is 322 g/mol. The van der Waals surface area contributed by atoms with Crippen molar-refractivity contribution in [1.29, 1.82) is 0 Å². The molecule has 1 aliphatic rings. The molecule has 2 N–H and O–H groups in total. The summed E-state index contributed by atoms with van der Waals surface area (Å²) in [7, 11) is 4.65. The molecule has 0 saturated carbocycles. The van der Waals surface area contributed by atoms with Crippen LogP contribution in [0.2, 0.25) is 0 Å². The number of methoxy groups -OCH3 is 3. The van der Waals surface area contributed by atoms with E-state index in [-0.39, 0.29) is 5.91 Å². The lowest BCUT2D eigenvalue weighted by molar-refractivity contribution is -0.116. The maximum absolute atomic E-state index is 12.2. The van der Waals surface area contributed by atoms with Crippen LogP contribution in [0.4, 0.5) is 5.69 Å². The van der Waals surface area contributed by atoms with Crippen molar-refractivity contribution in [2.45, 2.75) is 25.7 Å². The standard InChI is InChI=1S/C17H26N2O4/c1-21-14-6-5-13(16(22-2)17(14)23-3)19-15(20)7-4-12-8-10-18-11-9-12/h5-6,12,18H,4,7-11H2,1-3H3,(H,19,20). The monoisotopic (exact) mass is 322 g/mol. The van der Waals surface area contributed by atoms with E-state index in [9.17, 15) is 4.79 Å². The molecule has 0 bridgehead atoms. The van der Waals surface area contributed by atoms with Gasteiger partial charge in [-0.05, 0) is 50.4 Å². The molecule has 0 aliphatic carbocycles. The summed E-state index contributed by atoms with van der Waals surface area (Å²) in [6.07, 6.45) is 3.73. The van der Waals surface area contributed by atoms with E-state index in [0.29, 0.717) is 35.3 Å². The summed E-state index contributed by atoms with van der Waals surface area (Å²) in [5, 5.41) is 6.25. The first-order valence-corrected chi connectivity index (χ1v) is 7.99. The van der Waals surface area contributed by atoms with E-state index < -0.39 is 0 Å². The third-order valence-electron chi connectivity index (χ3n) is 4.22. The molecular formula is C17H26N2O4. The number of hydrogen-bond donors (Lipinski definition) is 2. The molecular weight excluding hydrogens is 296 g/mol. The number of carbonyl (C=O) groups is 1. The average Bonchev–Trinajstić information content (AvgIpc) is 2.60. The Balaban J connectivity index is 1.99. The van der Waals surface area contributed by atoms with Crippen molar-refractivity contribution in [3.05, 3.63) is 12.1 Å². The fourth-order valence-electron chi connectivity index (χ4n) is 2.92. The Hall–Kier alpha value is -1.95. The van der Waals surface area contributed by atoms with E-state index >= 15 is 0 Å². The number of benzene rings is 1. The first kappa shape index (κ1) is 17.4. The Morgan fingerprint density at radius 3 is 2.43 bits per heavy atom. The van der Waals surface area contributed by atoms with E-state index in [2.05, 4.69) is 10.6 Å². The zero-order valence-corrected chi connectivity index (χ0v) is 14.1. The molecule has 1 aromatic rings. The molecule has 0 radical (unpaired) electrons. The third-order valence-corrected chi connectivity index (χ3v) is 4.22. The summed E-state index contributed by atoms with van der Waals surface area (Å²) in [5.74, 6) is 2.15. The molecule has 0 aromatic heterocycles. The third kappa shape index (κ3) is 4.51. The minimum Gasteiger partial charge on any atom is -0.493 e. The summed E-state index contributed by atoms with van der Waals surface area (Å²) in [6.45, 7) is 2.10. The Bertz CT molecular complexity index is 528. The van der Waals surface area contributed by atoms with Gasteiger partial charge in [-0.1, -0.05) is 0 Å². The lowest BCUT2D eigenvalue weighted by Gasteiger charge is -2.22. The predicted molar refractivity (Wildman–Crippen MR) is 89.6 cm³/mol. The van der Waals surface area contributed by atoms with Crippen LogP contribution in [-0.4, -0.2) is 40.3 Å². The molecule has 128 valence electrons. The lowest BCUT2D eigenvalue weighted by atomic mass is 9.93. The van der Waals surface area contributed by atoms with Crippen LogP contribution in [0.5, 0.6) is 17.2 Å². The molecule has 0 unspecified atom stereocenters. The van der Waals surface area contributed by atoms with E-state index in [1.807, 2.05) is 0 Å². The van der Waals surface area contributed by atoms with Gasteiger partial charge >= 0.3 is 0 Å². The Labute approximate surface area is 137 Å². The second-order valence-corrected chi connectivity index (χ2v) is 5.66. The van der Waals surface area contributed by atoms with E-state index in [0.717, 1.165) is 32.4 Å². The number of rotatable bonds is 7. The van der Waals surface area contributed by atoms with E-state index in [1.165, 1.54) is 0 Å². The van der Waals surface area contributed by atoms with Crippen LogP contribution < -0.4 is 24.8 Å². The summed E-state index contributed by atoms with van der Waals surface area (Å²) in [4.78, 5) is 12.2. The molecule has 1 heterocycles. The van der Waals surface area contributed by atoms with Crippen LogP contribution in [0.1, 0.15) is 25.7 Å². The first-order chi connectivity index (χ1) is 11.2. The number of carbonyl (C=O) groups excluding carboxylic acids is 1. The smallest absolute Gasteiger partial charge is 0.224 e. The van der Waals surface area contributed by atoms with E-state index in [1.54, 1.807) is 33.5 Å². The topological polar surface area (TPSA) is 68.8 Å². The van der Waals surface area contributed by atoms with Crippen molar-refractivity contribution in [2.24, 2.45) is 5.92 Å². The molecule has 6 nitrogen and oxygen atoms in total. The summed E-state index contributed by atoms with van der Waals surface area (Å²) >= 11 is 0. The van der Waals surface area contributed by atoms with Crippen LogP contribution in [0.15, 0.2) is 12.1 Å². The van der Waals surface area contributed by atoms with Crippen molar-refractivity contribution in [3.8, 4) is 17.2 Å². The van der Waals surface area contributed by atoms with Gasteiger partial charge in [0.15, 0.2) is 11.5 Å². The molecule has 23 heavy (non-hydrogen) atoms. The number of hydrogen-bond acceptors (Lipinski definition) is 5. The van der Waals surface area contributed by atoms with Gasteiger partial charge in [0, 0.05) is 6.42 Å². The molecule has 1 aliphatic heterocycles. The van der Waals surface area contributed by atoms with Crippen LogP contribution in [0.25, 0.3) is 0 Å². The highest BCUT2D eigenvalue weighted by atomic mass is 16.5. The van der Waals surface area contributed by atoms with Gasteiger partial charge in [0.05, 0.1) is 27.0 Å². The number of nitrogens with one attached hydrogen (secondary N) is 2. The quantitative estimate of drug-likeness (QED) is 0.807. The van der Waals surface area contributed by atoms with Gasteiger partial charge in [0.1, 0.15) is 0 Å². The second-order valence-electron chi connectivity index (χ2n) is 5.66. The van der Waals surface area contributed by atoms with Gasteiger partial charge in [-0.3, -0.25) is 4.79 Å². The summed E-state index contributed by atoms with van der Waals surface area (Å²) in [5.41, 5.74) is 0.598. The molecule has 0 atom stereocenters. The molecule has 1 aromatic carbocycles. The fraction of sp³-hybridized carbons (Fsp3) is 0.588. The van der Waals surface area contributed by atoms with Crippen LogP contribution >= 0.6 is 0 Å². The Morgan fingerprint density at radius 2 is 1.83 bits per heavy atom. The van der Waals surface area contributed by atoms with E-state index in [4.69, 9.17) is 14.2 Å². The molecule has 1 amide bonds. The van der Waals surface area contributed by atoms with Crippen LogP contribution in [0.3, 0.4) is 0 Å². The van der Waals surface area contributed by atoms with Crippen LogP contribution in [-0.2, 0) is 4.79 Å². The van der Waals surface area contributed by atoms with Crippen LogP contribution in [0, 0.1) is 5.92 Å². The largest absolute Gasteiger partial charge is 0.493 e. The SMILES string of the molecule is COc1ccc(NC(=O)CCC2CCNCC2)c(OC)c1OC. The van der Waals surface area contributed by atoms with Crippen molar-refractivity contribution < 1.29 is 19.0 Å². The normalized spacial score (nSPS) is 15.1. The minimum absolute atomic E-state index is 0.00551. The van der Waals surface area contributed by atoms with Gasteiger partial charge in [0.2, 0.25) is 11.7 Å². The maximum atomic E-state index is 12.2. The highest BCUT2D eigenvalue weighted by Gasteiger charge is 2.18. The number of ether oxygens (including phenoxy) is 3. The number of anilines is 1. The van der Waals surface area contributed by atoms with Gasteiger partial charge < -0.3 is 24.8 Å². The highest BCUT2D eigenvalue weighted by Crippen LogP contribution is 2.42. The predicted octanol–water partition coefficient (Wildman–Crippen LogP) is 2.43. The van der Waals surface area contributed by atoms with Gasteiger partial charge in [0.25, 0.3) is 0 Å². The summed E-state index contributed by atoms with van der Waals surface area (Å²) in [6, 6.07) is 3.52. The molecule has 6 heteroatoms. The lowest BCUT2D eigenvalue weighted by Crippen LogP contribution is -2.28. The molecule has 1 fully saturated rings. The number of piperidine rings is 1. The zero-order chi connectivity index (χ0) is 16.7. The highest BCUT2D eigenvalue weighted by molar-refractivity contribution is 5.93. The van der Waals surface area contributed by atoms with Crippen molar-refractivity contribution in [1.82, 2.24) is 5.32 Å². The number of amides is 1. The maximum Gasteiger partial charge on any atom is 0.224 e. The minimum atomic E-state index is -0.00551. The second kappa shape index (κ2) is 8.62. The van der Waals surface area contributed by atoms with Gasteiger partial charge in [-0.25, -0.2) is 0 Å². The molecule has 2 rings (SSSR count). The van der Waals surface area contributed by atoms with Gasteiger partial charge in [-0.2, -0.15) is 0 Å². The Kier molecular flexibility index (Phi) is 6.52. The fourth-order valence-corrected chi connectivity index (χ4v) is 2.92.